The SMILES string of the molecule is CC(C)C.CCCNC(=O)CCl. The van der Waals surface area contributed by atoms with E-state index in [0.717, 1.165) is 18.9 Å². The first-order valence-corrected chi connectivity index (χ1v) is 4.90. The van der Waals surface area contributed by atoms with Gasteiger partial charge in [-0.3, -0.25) is 4.79 Å². The topological polar surface area (TPSA) is 29.1 Å². The fraction of sp³-hybridized carbons (Fsp3) is 0.889. The van der Waals surface area contributed by atoms with Crippen molar-refractivity contribution in [1.82, 2.24) is 5.32 Å². The zero-order valence-corrected chi connectivity index (χ0v) is 9.24. The van der Waals surface area contributed by atoms with E-state index in [-0.39, 0.29) is 11.8 Å². The fourth-order valence-corrected chi connectivity index (χ4v) is 0.406. The van der Waals surface area contributed by atoms with Crippen LogP contribution < -0.4 is 5.32 Å². The zero-order valence-electron chi connectivity index (χ0n) is 8.48. The maximum Gasteiger partial charge on any atom is 0.234 e. The van der Waals surface area contributed by atoms with Crippen molar-refractivity contribution < 1.29 is 4.79 Å². The van der Waals surface area contributed by atoms with Gasteiger partial charge in [-0.25, -0.2) is 0 Å². The zero-order chi connectivity index (χ0) is 9.98. The monoisotopic (exact) mass is 193 g/mol. The summed E-state index contributed by atoms with van der Waals surface area (Å²) in [7, 11) is 0. The number of hydrogen-bond donors (Lipinski definition) is 1. The van der Waals surface area contributed by atoms with E-state index in [9.17, 15) is 4.79 Å². The van der Waals surface area contributed by atoms with Crippen LogP contribution in [0.2, 0.25) is 0 Å². The number of carbonyl (C=O) groups is 1. The largest absolute Gasteiger partial charge is 0.355 e. The Morgan fingerprint density at radius 3 is 2.08 bits per heavy atom. The summed E-state index contributed by atoms with van der Waals surface area (Å²) in [6.45, 7) is 9.22. The quantitative estimate of drug-likeness (QED) is 0.686. The normalized spacial score (nSPS) is 8.83. The van der Waals surface area contributed by atoms with E-state index in [1.807, 2.05) is 6.92 Å². The highest BCUT2D eigenvalue weighted by Crippen LogP contribution is 1.81. The van der Waals surface area contributed by atoms with Gasteiger partial charge >= 0.3 is 0 Å². The molecule has 12 heavy (non-hydrogen) atoms. The van der Waals surface area contributed by atoms with Crippen LogP contribution in [0.15, 0.2) is 0 Å². The molecule has 0 aromatic heterocycles. The molecule has 1 amide bonds. The highest BCUT2D eigenvalue weighted by molar-refractivity contribution is 6.27. The number of hydrogen-bond acceptors (Lipinski definition) is 1. The second-order valence-electron chi connectivity index (χ2n) is 3.22. The van der Waals surface area contributed by atoms with Gasteiger partial charge in [-0.1, -0.05) is 27.7 Å². The average molecular weight is 194 g/mol. The van der Waals surface area contributed by atoms with Crippen molar-refractivity contribution in [1.29, 1.82) is 0 Å². The lowest BCUT2D eigenvalue weighted by atomic mass is 10.3. The second kappa shape index (κ2) is 10.8. The minimum Gasteiger partial charge on any atom is -0.355 e. The predicted octanol–water partition coefficient (Wildman–Crippen LogP) is 2.41. The minimum atomic E-state index is -0.0893. The number of halogens is 1. The van der Waals surface area contributed by atoms with Crippen molar-refractivity contribution in [3.63, 3.8) is 0 Å². The van der Waals surface area contributed by atoms with Crippen LogP contribution in [-0.4, -0.2) is 18.3 Å². The molecule has 0 aromatic carbocycles. The Hall–Kier alpha value is -0.240. The molecule has 0 unspecified atom stereocenters. The summed E-state index contributed by atoms with van der Waals surface area (Å²) < 4.78 is 0. The molecular formula is C9H20ClNO. The molecule has 1 N–H and O–H groups in total. The summed E-state index contributed by atoms with van der Waals surface area (Å²) in [6, 6.07) is 0. The van der Waals surface area contributed by atoms with Crippen LogP contribution in [0.3, 0.4) is 0 Å². The predicted molar refractivity (Wildman–Crippen MR) is 54.5 cm³/mol. The lowest BCUT2D eigenvalue weighted by Gasteiger charge is -1.96. The molecule has 0 heterocycles. The van der Waals surface area contributed by atoms with Crippen LogP contribution in [-0.2, 0) is 4.79 Å². The van der Waals surface area contributed by atoms with Crippen molar-refractivity contribution in [2.45, 2.75) is 34.1 Å². The first-order valence-electron chi connectivity index (χ1n) is 4.37. The Balaban J connectivity index is 0. The minimum absolute atomic E-state index is 0.0694. The second-order valence-corrected chi connectivity index (χ2v) is 3.48. The molecule has 0 radical (unpaired) electrons. The summed E-state index contributed by atoms with van der Waals surface area (Å²) >= 11 is 5.18. The highest BCUT2D eigenvalue weighted by Gasteiger charge is 1.92. The molecule has 0 saturated carbocycles. The third kappa shape index (κ3) is 22.6. The Morgan fingerprint density at radius 1 is 1.42 bits per heavy atom. The van der Waals surface area contributed by atoms with Gasteiger partial charge < -0.3 is 5.32 Å². The van der Waals surface area contributed by atoms with Gasteiger partial charge in [-0.15, -0.1) is 11.6 Å². The molecule has 0 aromatic rings. The molecule has 74 valence electrons. The van der Waals surface area contributed by atoms with Crippen LogP contribution in [0.4, 0.5) is 0 Å². The van der Waals surface area contributed by atoms with E-state index in [0.29, 0.717) is 0 Å². The standard InChI is InChI=1S/C5H10ClNO.C4H10/c1-2-3-7-5(8)4-6;1-4(2)3/h2-4H2,1H3,(H,7,8);4H,1-3H3. The summed E-state index contributed by atoms with van der Waals surface area (Å²) in [6.07, 6.45) is 0.961. The van der Waals surface area contributed by atoms with E-state index in [4.69, 9.17) is 11.6 Å². The molecule has 0 bridgehead atoms. The summed E-state index contributed by atoms with van der Waals surface area (Å²) in [5.41, 5.74) is 0. The van der Waals surface area contributed by atoms with E-state index in [1.165, 1.54) is 0 Å². The third-order valence-corrected chi connectivity index (χ3v) is 0.936. The van der Waals surface area contributed by atoms with Gasteiger partial charge in [0, 0.05) is 6.54 Å². The molecule has 0 aliphatic rings. The number of carbonyl (C=O) groups excluding carboxylic acids is 1. The number of rotatable bonds is 3. The number of alkyl halides is 1. The molecule has 0 rings (SSSR count). The highest BCUT2D eigenvalue weighted by atomic mass is 35.5. The van der Waals surface area contributed by atoms with Crippen LogP contribution in [0, 0.1) is 5.92 Å². The Bertz CT molecular complexity index is 102. The molecular weight excluding hydrogens is 174 g/mol. The van der Waals surface area contributed by atoms with Crippen molar-refractivity contribution in [3.8, 4) is 0 Å². The Morgan fingerprint density at radius 2 is 1.83 bits per heavy atom. The van der Waals surface area contributed by atoms with Gasteiger partial charge in [-0.2, -0.15) is 0 Å². The lowest BCUT2D eigenvalue weighted by molar-refractivity contribution is -0.118. The first kappa shape index (κ1) is 14.3. The molecule has 0 spiro atoms. The Labute approximate surface area is 80.7 Å². The van der Waals surface area contributed by atoms with Crippen molar-refractivity contribution in [3.05, 3.63) is 0 Å². The van der Waals surface area contributed by atoms with Crippen molar-refractivity contribution in [2.24, 2.45) is 5.92 Å². The lowest BCUT2D eigenvalue weighted by Crippen LogP contribution is -2.24. The Kier molecular flexibility index (Phi) is 12.8. The van der Waals surface area contributed by atoms with Gasteiger partial charge in [0.2, 0.25) is 5.91 Å². The molecule has 0 aliphatic heterocycles. The molecule has 0 atom stereocenters. The number of amides is 1. The van der Waals surface area contributed by atoms with Gasteiger partial charge in [0.05, 0.1) is 0 Å². The maximum atomic E-state index is 10.3. The molecule has 0 aliphatic carbocycles. The average Bonchev–Trinajstić information content (AvgIpc) is 1.99. The van der Waals surface area contributed by atoms with E-state index in [2.05, 4.69) is 26.1 Å². The van der Waals surface area contributed by atoms with Gasteiger partial charge in [0.1, 0.15) is 5.88 Å². The van der Waals surface area contributed by atoms with E-state index < -0.39 is 0 Å². The van der Waals surface area contributed by atoms with Crippen LogP contribution in [0.1, 0.15) is 34.1 Å². The first-order chi connectivity index (χ1) is 5.54. The number of nitrogens with one attached hydrogen (secondary N) is 1. The van der Waals surface area contributed by atoms with Crippen LogP contribution in [0.5, 0.6) is 0 Å². The molecule has 0 fully saturated rings. The van der Waals surface area contributed by atoms with Gasteiger partial charge in [0.15, 0.2) is 0 Å². The smallest absolute Gasteiger partial charge is 0.234 e. The van der Waals surface area contributed by atoms with E-state index in [1.54, 1.807) is 0 Å². The van der Waals surface area contributed by atoms with Crippen molar-refractivity contribution in [2.75, 3.05) is 12.4 Å². The summed E-state index contributed by atoms with van der Waals surface area (Å²) in [5, 5.41) is 2.61. The van der Waals surface area contributed by atoms with Crippen molar-refractivity contribution >= 4 is 17.5 Å². The summed E-state index contributed by atoms with van der Waals surface area (Å²) in [5.74, 6) is 0.813. The van der Waals surface area contributed by atoms with Gasteiger partial charge in [-0.05, 0) is 12.3 Å². The molecule has 0 saturated heterocycles. The van der Waals surface area contributed by atoms with Crippen LogP contribution in [0.25, 0.3) is 0 Å². The third-order valence-electron chi connectivity index (χ3n) is 0.694. The van der Waals surface area contributed by atoms with E-state index >= 15 is 0 Å². The molecule has 3 heteroatoms. The molecule has 2 nitrogen and oxygen atoms in total. The maximum absolute atomic E-state index is 10.3. The fourth-order valence-electron chi connectivity index (χ4n) is 0.312. The summed E-state index contributed by atoms with van der Waals surface area (Å²) in [4.78, 5) is 10.3. The van der Waals surface area contributed by atoms with Crippen LogP contribution >= 0.6 is 11.6 Å². The van der Waals surface area contributed by atoms with Gasteiger partial charge in [0.25, 0.3) is 0 Å².